The van der Waals surface area contributed by atoms with E-state index in [9.17, 15) is 23.1 Å². The fraction of sp³-hybridized carbons (Fsp3) is 0.182. The molecule has 0 aromatic heterocycles. The van der Waals surface area contributed by atoms with Gasteiger partial charge in [-0.3, -0.25) is 0 Å². The number of phenols is 1. The second-order valence-electron chi connectivity index (χ2n) is 3.49. The molecule has 1 aromatic rings. The SMILES string of the molecule is COC(=O)/C(=C1/Oc2cc(O)ccc2S1)C(F)(F)F. The predicted molar refractivity (Wildman–Crippen MR) is 59.7 cm³/mol. The number of thioether (sulfide) groups is 1. The average Bonchev–Trinajstić information content (AvgIpc) is 2.69. The van der Waals surface area contributed by atoms with Crippen LogP contribution in [0.5, 0.6) is 11.5 Å². The summed E-state index contributed by atoms with van der Waals surface area (Å²) < 4.78 is 47.5. The summed E-state index contributed by atoms with van der Waals surface area (Å²) in [4.78, 5) is 11.6. The summed E-state index contributed by atoms with van der Waals surface area (Å²) in [5, 5.41) is 8.61. The van der Waals surface area contributed by atoms with E-state index in [1.807, 2.05) is 0 Å². The second kappa shape index (κ2) is 4.69. The van der Waals surface area contributed by atoms with Gasteiger partial charge in [-0.25, -0.2) is 4.79 Å². The summed E-state index contributed by atoms with van der Waals surface area (Å²) in [5.74, 6) is -1.61. The lowest BCUT2D eigenvalue weighted by atomic mass is 10.3. The van der Waals surface area contributed by atoms with Crippen LogP contribution in [0, 0.1) is 0 Å². The van der Waals surface area contributed by atoms with Gasteiger partial charge in [-0.1, -0.05) is 0 Å². The van der Waals surface area contributed by atoms with E-state index in [0.717, 1.165) is 7.11 Å². The van der Waals surface area contributed by atoms with Crippen molar-refractivity contribution in [2.24, 2.45) is 0 Å². The molecule has 1 aliphatic rings. The topological polar surface area (TPSA) is 55.8 Å². The molecule has 19 heavy (non-hydrogen) atoms. The number of esters is 1. The molecule has 1 N–H and O–H groups in total. The first-order valence-electron chi connectivity index (χ1n) is 4.91. The summed E-state index contributed by atoms with van der Waals surface area (Å²) in [7, 11) is 0.854. The highest BCUT2D eigenvalue weighted by atomic mass is 32.2. The number of benzene rings is 1. The van der Waals surface area contributed by atoms with E-state index >= 15 is 0 Å². The van der Waals surface area contributed by atoms with Gasteiger partial charge in [0.15, 0.2) is 10.7 Å². The van der Waals surface area contributed by atoms with Crippen molar-refractivity contribution in [3.05, 3.63) is 28.9 Å². The van der Waals surface area contributed by atoms with Gasteiger partial charge in [-0.15, -0.1) is 0 Å². The standard InChI is InChI=1S/C11H7F3O4S/c1-17-9(16)8(11(12,13)14)10-18-6-4-5(15)2-3-7(6)19-10/h2-4,15H,1H3/b10-8+. The number of methoxy groups -OCH3 is 1. The third-order valence-electron chi connectivity index (χ3n) is 2.21. The summed E-state index contributed by atoms with van der Waals surface area (Å²) in [6.45, 7) is 0. The minimum Gasteiger partial charge on any atom is -0.508 e. The number of fused-ring (bicyclic) bond motifs is 1. The van der Waals surface area contributed by atoms with E-state index < -0.39 is 22.8 Å². The van der Waals surface area contributed by atoms with Gasteiger partial charge in [-0.2, -0.15) is 13.2 Å². The van der Waals surface area contributed by atoms with Gasteiger partial charge in [0, 0.05) is 6.07 Å². The number of carbonyl (C=O) groups is 1. The molecule has 0 saturated heterocycles. The van der Waals surface area contributed by atoms with Crippen LogP contribution in [0.2, 0.25) is 0 Å². The van der Waals surface area contributed by atoms with Crippen molar-refractivity contribution in [3.8, 4) is 11.5 Å². The highest BCUT2D eigenvalue weighted by molar-refractivity contribution is 8.03. The summed E-state index contributed by atoms with van der Waals surface area (Å²) in [5.41, 5.74) is -1.50. The Balaban J connectivity index is 2.46. The first-order valence-corrected chi connectivity index (χ1v) is 5.73. The van der Waals surface area contributed by atoms with Gasteiger partial charge in [0.25, 0.3) is 0 Å². The van der Waals surface area contributed by atoms with Crippen molar-refractivity contribution in [2.75, 3.05) is 7.11 Å². The van der Waals surface area contributed by atoms with Crippen molar-refractivity contribution in [3.63, 3.8) is 0 Å². The van der Waals surface area contributed by atoms with Gasteiger partial charge in [0.05, 0.1) is 12.0 Å². The smallest absolute Gasteiger partial charge is 0.427 e. The molecule has 0 atom stereocenters. The zero-order chi connectivity index (χ0) is 14.2. The van der Waals surface area contributed by atoms with Crippen molar-refractivity contribution < 1.29 is 32.5 Å². The maximum Gasteiger partial charge on any atom is 0.427 e. The molecule has 0 aliphatic carbocycles. The number of phenolic OH excluding ortho intramolecular Hbond substituents is 1. The molecule has 0 radical (unpaired) electrons. The largest absolute Gasteiger partial charge is 0.508 e. The average molecular weight is 292 g/mol. The molecule has 8 heteroatoms. The highest BCUT2D eigenvalue weighted by Crippen LogP contribution is 2.48. The van der Waals surface area contributed by atoms with Crippen LogP contribution in [0.25, 0.3) is 0 Å². The monoisotopic (exact) mass is 292 g/mol. The number of hydrogen-bond acceptors (Lipinski definition) is 5. The predicted octanol–water partition coefficient (Wildman–Crippen LogP) is 2.82. The van der Waals surface area contributed by atoms with Crippen LogP contribution in [0.3, 0.4) is 0 Å². The van der Waals surface area contributed by atoms with E-state index in [1.54, 1.807) is 0 Å². The van der Waals surface area contributed by atoms with Gasteiger partial charge in [-0.05, 0) is 23.9 Å². The molecule has 1 heterocycles. The normalized spacial score (nSPS) is 16.6. The third kappa shape index (κ3) is 2.62. The van der Waals surface area contributed by atoms with Gasteiger partial charge in [0.2, 0.25) is 0 Å². The molecule has 0 bridgehead atoms. The van der Waals surface area contributed by atoms with Crippen LogP contribution in [0.1, 0.15) is 0 Å². The third-order valence-corrected chi connectivity index (χ3v) is 3.24. The van der Waals surface area contributed by atoms with Gasteiger partial charge >= 0.3 is 12.1 Å². The van der Waals surface area contributed by atoms with Crippen molar-refractivity contribution in [2.45, 2.75) is 11.1 Å². The number of alkyl halides is 3. The van der Waals surface area contributed by atoms with E-state index in [1.165, 1.54) is 18.2 Å². The van der Waals surface area contributed by atoms with E-state index in [4.69, 9.17) is 4.74 Å². The first kappa shape index (κ1) is 13.6. The Kier molecular flexibility index (Phi) is 3.36. The van der Waals surface area contributed by atoms with Gasteiger partial charge in [0.1, 0.15) is 11.5 Å². The maximum absolute atomic E-state index is 12.8. The Morgan fingerprint density at radius 3 is 2.68 bits per heavy atom. The zero-order valence-electron chi connectivity index (χ0n) is 9.45. The Morgan fingerprint density at radius 2 is 2.11 bits per heavy atom. The lowest BCUT2D eigenvalue weighted by molar-refractivity contribution is -0.148. The molecule has 0 fully saturated rings. The Bertz CT molecular complexity index is 566. The maximum atomic E-state index is 12.8. The molecule has 0 amide bonds. The lowest BCUT2D eigenvalue weighted by Gasteiger charge is -2.11. The molecule has 0 unspecified atom stereocenters. The molecule has 0 saturated carbocycles. The molecular weight excluding hydrogens is 285 g/mol. The Morgan fingerprint density at radius 1 is 1.42 bits per heavy atom. The lowest BCUT2D eigenvalue weighted by Crippen LogP contribution is -2.23. The van der Waals surface area contributed by atoms with Crippen molar-refractivity contribution in [1.82, 2.24) is 0 Å². The van der Waals surface area contributed by atoms with Crippen LogP contribution in [0.15, 0.2) is 33.8 Å². The molecule has 2 rings (SSSR count). The fourth-order valence-corrected chi connectivity index (χ4v) is 2.37. The quantitative estimate of drug-likeness (QED) is 0.637. The first-order chi connectivity index (χ1) is 8.82. The van der Waals surface area contributed by atoms with Crippen LogP contribution >= 0.6 is 11.8 Å². The van der Waals surface area contributed by atoms with Crippen LogP contribution in [-0.4, -0.2) is 24.4 Å². The Labute approximate surface area is 109 Å². The van der Waals surface area contributed by atoms with Crippen LogP contribution in [0.4, 0.5) is 13.2 Å². The van der Waals surface area contributed by atoms with E-state index in [-0.39, 0.29) is 11.5 Å². The number of rotatable bonds is 1. The molecule has 4 nitrogen and oxygen atoms in total. The zero-order valence-corrected chi connectivity index (χ0v) is 10.3. The van der Waals surface area contributed by atoms with Crippen molar-refractivity contribution in [1.29, 1.82) is 0 Å². The molecular formula is C11H7F3O4S. The summed E-state index contributed by atoms with van der Waals surface area (Å²) in [6.07, 6.45) is -4.89. The minimum absolute atomic E-state index is 0.0608. The number of carbonyl (C=O) groups excluding carboxylic acids is 1. The van der Waals surface area contributed by atoms with Gasteiger partial charge < -0.3 is 14.6 Å². The fourth-order valence-electron chi connectivity index (χ4n) is 1.40. The second-order valence-corrected chi connectivity index (χ2v) is 4.50. The molecule has 102 valence electrons. The molecule has 1 aliphatic heterocycles. The number of halogens is 3. The number of aromatic hydroxyl groups is 1. The summed E-state index contributed by atoms with van der Waals surface area (Å²) in [6, 6.07) is 3.87. The van der Waals surface area contributed by atoms with E-state index in [0.29, 0.717) is 16.7 Å². The molecule has 1 aromatic carbocycles. The number of ether oxygens (including phenoxy) is 2. The number of hydrogen-bond donors (Lipinski definition) is 1. The molecule has 0 spiro atoms. The van der Waals surface area contributed by atoms with Crippen LogP contribution in [-0.2, 0) is 9.53 Å². The van der Waals surface area contributed by atoms with Crippen molar-refractivity contribution >= 4 is 17.7 Å². The summed E-state index contributed by atoms with van der Waals surface area (Å²) >= 11 is 0.649. The highest BCUT2D eigenvalue weighted by Gasteiger charge is 2.45. The minimum atomic E-state index is -4.89. The van der Waals surface area contributed by atoms with E-state index in [2.05, 4.69) is 4.74 Å². The van der Waals surface area contributed by atoms with Crippen LogP contribution < -0.4 is 4.74 Å². The Hall–Kier alpha value is -1.83.